The maximum Gasteiger partial charge on any atom is 0.254 e. The number of nitrogens with one attached hydrogen (secondary N) is 3. The largest absolute Gasteiger partial charge is 0.354 e. The van der Waals surface area contributed by atoms with Gasteiger partial charge in [-0.15, -0.1) is 0 Å². The zero-order valence-electron chi connectivity index (χ0n) is 16.7. The highest BCUT2D eigenvalue weighted by Gasteiger charge is 2.13. The first-order valence-corrected chi connectivity index (χ1v) is 9.60. The minimum absolute atomic E-state index is 0.0362. The fourth-order valence-electron chi connectivity index (χ4n) is 3.49. The van der Waals surface area contributed by atoms with E-state index in [4.69, 9.17) is 0 Å². The number of hydrogen-bond donors (Lipinski definition) is 3. The predicted octanol–water partition coefficient (Wildman–Crippen LogP) is 3.53. The summed E-state index contributed by atoms with van der Waals surface area (Å²) in [5.74, 6) is -0.0293. The molecule has 7 heteroatoms. The molecule has 2 aromatic carbocycles. The Labute approximate surface area is 172 Å². The lowest BCUT2D eigenvalue weighted by atomic mass is 10.0. The van der Waals surface area contributed by atoms with Gasteiger partial charge >= 0.3 is 0 Å². The quantitative estimate of drug-likeness (QED) is 0.475. The third kappa shape index (κ3) is 3.87. The van der Waals surface area contributed by atoms with E-state index >= 15 is 0 Å². The minimum atomic E-state index is -0.303. The maximum absolute atomic E-state index is 14.2. The molecule has 0 spiro atoms. The Hall–Kier alpha value is -3.74. The summed E-state index contributed by atoms with van der Waals surface area (Å²) in [6.45, 7) is 3.95. The van der Waals surface area contributed by atoms with Gasteiger partial charge in [0.25, 0.3) is 5.56 Å². The van der Waals surface area contributed by atoms with Crippen molar-refractivity contribution in [2.45, 2.75) is 26.8 Å². The monoisotopic (exact) mass is 404 g/mol. The summed E-state index contributed by atoms with van der Waals surface area (Å²) in [7, 11) is 0. The fraction of sp³-hybridized carbons (Fsp3) is 0.174. The zero-order chi connectivity index (χ0) is 21.3. The highest BCUT2D eigenvalue weighted by molar-refractivity contribution is 5.91. The summed E-state index contributed by atoms with van der Waals surface area (Å²) >= 11 is 0. The third-order valence-electron chi connectivity index (χ3n) is 5.11. The molecule has 0 saturated carbocycles. The Balaban J connectivity index is 1.51. The Morgan fingerprint density at radius 3 is 2.70 bits per heavy atom. The van der Waals surface area contributed by atoms with Crippen LogP contribution >= 0.6 is 0 Å². The molecular formula is C23H21FN4O2. The van der Waals surface area contributed by atoms with E-state index in [0.29, 0.717) is 23.5 Å². The Morgan fingerprint density at radius 2 is 1.93 bits per heavy atom. The van der Waals surface area contributed by atoms with Crippen LogP contribution in [0.4, 0.5) is 4.39 Å². The number of carbonyl (C=O) groups is 1. The molecule has 2 aromatic heterocycles. The lowest BCUT2D eigenvalue weighted by molar-refractivity contribution is -0.120. The lowest BCUT2D eigenvalue weighted by Crippen LogP contribution is -2.27. The number of benzene rings is 2. The summed E-state index contributed by atoms with van der Waals surface area (Å²) in [4.78, 5) is 34.0. The fourth-order valence-corrected chi connectivity index (χ4v) is 3.49. The van der Waals surface area contributed by atoms with Crippen LogP contribution in [0.5, 0.6) is 0 Å². The Morgan fingerprint density at radius 1 is 1.13 bits per heavy atom. The van der Waals surface area contributed by atoms with Crippen LogP contribution < -0.4 is 10.9 Å². The molecule has 6 nitrogen and oxygen atoms in total. The number of hydrogen-bond acceptors (Lipinski definition) is 3. The topological polar surface area (TPSA) is 90.6 Å². The van der Waals surface area contributed by atoms with Crippen molar-refractivity contribution in [3.8, 4) is 11.3 Å². The molecule has 2 heterocycles. The van der Waals surface area contributed by atoms with E-state index in [2.05, 4.69) is 20.3 Å². The molecule has 4 aromatic rings. The van der Waals surface area contributed by atoms with E-state index in [1.807, 2.05) is 25.1 Å². The molecule has 0 aliphatic carbocycles. The molecule has 0 unspecified atom stereocenters. The molecule has 152 valence electrons. The van der Waals surface area contributed by atoms with Crippen LogP contribution in [0.15, 0.2) is 53.5 Å². The van der Waals surface area contributed by atoms with Gasteiger partial charge in [-0.25, -0.2) is 9.37 Å². The maximum atomic E-state index is 14.2. The van der Waals surface area contributed by atoms with Crippen LogP contribution in [0.25, 0.3) is 22.2 Å². The standard InChI is InChI=1S/C23H21FN4O2/c1-13-18-9-15(11-26-21(29)10-16-12-25-14(2)27-23(16)30)7-8-20(18)28-22(13)17-5-3-4-6-19(17)24/h3-9,12,28H,10-11H2,1-2H3,(H,26,29)(H,25,27,30). The molecular weight excluding hydrogens is 383 g/mol. The molecule has 0 aliphatic heterocycles. The van der Waals surface area contributed by atoms with E-state index < -0.39 is 0 Å². The van der Waals surface area contributed by atoms with Crippen molar-refractivity contribution in [1.82, 2.24) is 20.3 Å². The van der Waals surface area contributed by atoms with E-state index in [1.54, 1.807) is 25.1 Å². The molecule has 1 amide bonds. The Bertz CT molecular complexity index is 1310. The number of halogens is 1. The molecule has 3 N–H and O–H groups in total. The van der Waals surface area contributed by atoms with Crippen LogP contribution in [0.2, 0.25) is 0 Å². The van der Waals surface area contributed by atoms with Crippen molar-refractivity contribution in [3.63, 3.8) is 0 Å². The van der Waals surface area contributed by atoms with Crippen LogP contribution in [-0.2, 0) is 17.8 Å². The number of carbonyl (C=O) groups excluding carboxylic acids is 1. The normalized spacial score (nSPS) is 11.0. The smallest absolute Gasteiger partial charge is 0.254 e. The van der Waals surface area contributed by atoms with E-state index in [9.17, 15) is 14.0 Å². The number of nitrogens with zero attached hydrogens (tertiary/aromatic N) is 1. The molecule has 4 rings (SSSR count). The summed E-state index contributed by atoms with van der Waals surface area (Å²) < 4.78 is 14.2. The first-order valence-electron chi connectivity index (χ1n) is 9.60. The highest BCUT2D eigenvalue weighted by Crippen LogP contribution is 2.31. The van der Waals surface area contributed by atoms with Gasteiger partial charge in [-0.3, -0.25) is 9.59 Å². The van der Waals surface area contributed by atoms with Crippen molar-refractivity contribution in [3.05, 3.63) is 87.3 Å². The summed E-state index contributed by atoms with van der Waals surface area (Å²) in [5.41, 5.74) is 4.05. The van der Waals surface area contributed by atoms with Crippen molar-refractivity contribution in [2.24, 2.45) is 0 Å². The number of fused-ring (bicyclic) bond motifs is 1. The van der Waals surface area contributed by atoms with Gasteiger partial charge in [-0.1, -0.05) is 18.2 Å². The highest BCUT2D eigenvalue weighted by atomic mass is 19.1. The first-order chi connectivity index (χ1) is 14.4. The predicted molar refractivity (Wildman–Crippen MR) is 114 cm³/mol. The summed E-state index contributed by atoms with van der Waals surface area (Å²) in [6.07, 6.45) is 1.39. The second kappa shape index (κ2) is 7.94. The zero-order valence-corrected chi connectivity index (χ0v) is 16.7. The number of aromatic nitrogens is 3. The minimum Gasteiger partial charge on any atom is -0.354 e. The molecule has 0 aliphatic rings. The summed E-state index contributed by atoms with van der Waals surface area (Å²) in [5, 5.41) is 3.80. The number of aromatic amines is 2. The second-order valence-corrected chi connectivity index (χ2v) is 7.26. The molecule has 0 atom stereocenters. The average Bonchev–Trinajstić information content (AvgIpc) is 3.05. The van der Waals surface area contributed by atoms with Gasteiger partial charge in [0.1, 0.15) is 11.6 Å². The first kappa shape index (κ1) is 19.6. The van der Waals surface area contributed by atoms with Gasteiger partial charge < -0.3 is 15.3 Å². The number of H-pyrrole nitrogens is 2. The Kier molecular flexibility index (Phi) is 5.18. The van der Waals surface area contributed by atoms with Crippen molar-refractivity contribution in [1.29, 1.82) is 0 Å². The van der Waals surface area contributed by atoms with Gasteiger partial charge in [0.2, 0.25) is 5.91 Å². The van der Waals surface area contributed by atoms with Crippen molar-refractivity contribution >= 4 is 16.8 Å². The van der Waals surface area contributed by atoms with E-state index in [1.165, 1.54) is 12.3 Å². The third-order valence-corrected chi connectivity index (χ3v) is 5.11. The van der Waals surface area contributed by atoms with Gasteiger partial charge in [0.15, 0.2) is 0 Å². The average molecular weight is 404 g/mol. The van der Waals surface area contributed by atoms with Crippen LogP contribution in [0.1, 0.15) is 22.5 Å². The van der Waals surface area contributed by atoms with Crippen molar-refractivity contribution in [2.75, 3.05) is 0 Å². The molecule has 0 bridgehead atoms. The molecule has 0 radical (unpaired) electrons. The van der Waals surface area contributed by atoms with Crippen LogP contribution in [0.3, 0.4) is 0 Å². The van der Waals surface area contributed by atoms with Gasteiger partial charge in [0.05, 0.1) is 12.1 Å². The van der Waals surface area contributed by atoms with Crippen molar-refractivity contribution < 1.29 is 9.18 Å². The van der Waals surface area contributed by atoms with Gasteiger partial charge in [-0.2, -0.15) is 0 Å². The second-order valence-electron chi connectivity index (χ2n) is 7.26. The number of rotatable bonds is 5. The van der Waals surface area contributed by atoms with Gasteiger partial charge in [0, 0.05) is 34.8 Å². The SMILES string of the molecule is Cc1ncc(CC(=O)NCc2ccc3[nH]c(-c4ccccc4F)c(C)c3c2)c(=O)[nH]1. The van der Waals surface area contributed by atoms with Gasteiger partial charge in [-0.05, 0) is 49.2 Å². The molecule has 0 saturated heterocycles. The molecule has 0 fully saturated rings. The van der Waals surface area contributed by atoms with Crippen LogP contribution in [0, 0.1) is 19.7 Å². The lowest BCUT2D eigenvalue weighted by Gasteiger charge is -2.06. The number of aryl methyl sites for hydroxylation is 2. The van der Waals surface area contributed by atoms with Crippen LogP contribution in [-0.4, -0.2) is 20.9 Å². The summed E-state index contributed by atoms with van der Waals surface area (Å²) in [6, 6.07) is 12.5. The van der Waals surface area contributed by atoms with E-state index in [0.717, 1.165) is 27.7 Å². The van der Waals surface area contributed by atoms with E-state index in [-0.39, 0.29) is 23.7 Å². The molecule has 30 heavy (non-hydrogen) atoms. The number of amides is 1.